The van der Waals surface area contributed by atoms with Gasteiger partial charge in [-0.3, -0.25) is 0 Å². The fourth-order valence-corrected chi connectivity index (χ4v) is 3.42. The van der Waals surface area contributed by atoms with Crippen LogP contribution in [0.1, 0.15) is 60.5 Å². The van der Waals surface area contributed by atoms with Gasteiger partial charge in [-0.25, -0.2) is 0 Å². The Bertz CT molecular complexity index is 384. The third kappa shape index (κ3) is 5.82. The van der Waals surface area contributed by atoms with Crippen LogP contribution in [0.4, 0.5) is 0 Å². The summed E-state index contributed by atoms with van der Waals surface area (Å²) in [5, 5.41) is 3.77. The summed E-state index contributed by atoms with van der Waals surface area (Å²) in [6.45, 7) is 17.5. The summed E-state index contributed by atoms with van der Waals surface area (Å²) in [5.41, 5.74) is 1.65. The highest BCUT2D eigenvalue weighted by Gasteiger charge is 2.24. The first kappa shape index (κ1) is 18.2. The fourth-order valence-electron chi connectivity index (χ4n) is 3.42. The minimum absolute atomic E-state index is 0.221. The second kappa shape index (κ2) is 7.98. The topological polar surface area (TPSA) is 12.0 Å². The summed E-state index contributed by atoms with van der Waals surface area (Å²) in [6, 6.07) is 11.4. The molecule has 0 aliphatic rings. The molecule has 1 aromatic rings. The minimum Gasteiger partial charge on any atom is -0.314 e. The molecule has 0 bridgehead atoms. The van der Waals surface area contributed by atoms with Gasteiger partial charge < -0.3 is 5.32 Å². The largest absolute Gasteiger partial charge is 0.314 e. The van der Waals surface area contributed by atoms with Crippen molar-refractivity contribution in [1.82, 2.24) is 5.32 Å². The van der Waals surface area contributed by atoms with E-state index >= 15 is 0 Å². The van der Waals surface area contributed by atoms with Gasteiger partial charge in [-0.1, -0.05) is 71.9 Å². The van der Waals surface area contributed by atoms with Crippen LogP contribution < -0.4 is 5.32 Å². The minimum atomic E-state index is 0.221. The van der Waals surface area contributed by atoms with E-state index in [1.807, 2.05) is 0 Å². The van der Waals surface area contributed by atoms with Crippen LogP contribution in [0.3, 0.4) is 0 Å². The molecule has 0 amide bonds. The first-order valence-corrected chi connectivity index (χ1v) is 8.53. The van der Waals surface area contributed by atoms with Gasteiger partial charge in [0, 0.05) is 6.04 Å². The molecule has 1 atom stereocenters. The summed E-state index contributed by atoms with van der Waals surface area (Å²) in [4.78, 5) is 0. The zero-order valence-electron chi connectivity index (χ0n) is 15.1. The molecule has 0 aliphatic carbocycles. The summed E-state index contributed by atoms with van der Waals surface area (Å²) >= 11 is 0. The van der Waals surface area contributed by atoms with Crippen molar-refractivity contribution < 1.29 is 0 Å². The molecule has 0 aliphatic heterocycles. The van der Waals surface area contributed by atoms with Gasteiger partial charge in [0.2, 0.25) is 0 Å². The standard InChI is InChI=1S/C20H35N/c1-15(2)19(16(3)4)14-21-17(5)13-20(6,7)18-11-9-8-10-12-18/h8-12,15-17,19,21H,13-14H2,1-7H3. The van der Waals surface area contributed by atoms with E-state index < -0.39 is 0 Å². The lowest BCUT2D eigenvalue weighted by atomic mass is 9.79. The molecule has 21 heavy (non-hydrogen) atoms. The summed E-state index contributed by atoms with van der Waals surface area (Å²) in [6.07, 6.45) is 1.17. The number of rotatable bonds is 8. The zero-order chi connectivity index (χ0) is 16.0. The van der Waals surface area contributed by atoms with Gasteiger partial charge in [-0.15, -0.1) is 0 Å². The van der Waals surface area contributed by atoms with Crippen molar-refractivity contribution >= 4 is 0 Å². The first-order valence-electron chi connectivity index (χ1n) is 8.53. The van der Waals surface area contributed by atoms with E-state index in [1.165, 1.54) is 12.0 Å². The normalized spacial score (nSPS) is 14.2. The molecule has 0 spiro atoms. The Kier molecular flexibility index (Phi) is 6.93. The van der Waals surface area contributed by atoms with Gasteiger partial charge in [-0.05, 0) is 48.6 Å². The molecular weight excluding hydrogens is 254 g/mol. The maximum absolute atomic E-state index is 3.77. The smallest absolute Gasteiger partial charge is 0.00471 e. The molecular formula is C20H35N. The van der Waals surface area contributed by atoms with Crippen LogP contribution in [0.25, 0.3) is 0 Å². The van der Waals surface area contributed by atoms with Gasteiger partial charge in [0.25, 0.3) is 0 Å². The van der Waals surface area contributed by atoms with Gasteiger partial charge >= 0.3 is 0 Å². The predicted molar refractivity (Wildman–Crippen MR) is 94.7 cm³/mol. The van der Waals surface area contributed by atoms with Crippen LogP contribution in [-0.2, 0) is 5.41 Å². The summed E-state index contributed by atoms with van der Waals surface area (Å²) in [7, 11) is 0. The monoisotopic (exact) mass is 289 g/mol. The van der Waals surface area contributed by atoms with E-state index in [1.54, 1.807) is 0 Å². The van der Waals surface area contributed by atoms with Crippen molar-refractivity contribution in [3.8, 4) is 0 Å². The summed E-state index contributed by atoms with van der Waals surface area (Å²) < 4.78 is 0. The lowest BCUT2D eigenvalue weighted by Gasteiger charge is -2.32. The molecule has 1 nitrogen and oxygen atoms in total. The number of hydrogen-bond acceptors (Lipinski definition) is 1. The lowest BCUT2D eigenvalue weighted by Crippen LogP contribution is -2.38. The second-order valence-electron chi connectivity index (χ2n) is 7.92. The predicted octanol–water partition coefficient (Wildman–Crippen LogP) is 5.26. The van der Waals surface area contributed by atoms with Gasteiger partial charge in [0.15, 0.2) is 0 Å². The van der Waals surface area contributed by atoms with E-state index in [4.69, 9.17) is 0 Å². The van der Waals surface area contributed by atoms with Crippen LogP contribution in [-0.4, -0.2) is 12.6 Å². The highest BCUT2D eigenvalue weighted by molar-refractivity contribution is 5.23. The van der Waals surface area contributed by atoms with Gasteiger partial charge in [0.1, 0.15) is 0 Å². The molecule has 0 saturated carbocycles. The van der Waals surface area contributed by atoms with Crippen molar-refractivity contribution in [2.75, 3.05) is 6.54 Å². The fraction of sp³-hybridized carbons (Fsp3) is 0.700. The molecule has 1 heteroatoms. The van der Waals surface area contributed by atoms with Crippen LogP contribution in [0, 0.1) is 17.8 Å². The quantitative estimate of drug-likeness (QED) is 0.688. The van der Waals surface area contributed by atoms with Crippen molar-refractivity contribution in [3.63, 3.8) is 0 Å². The lowest BCUT2D eigenvalue weighted by molar-refractivity contribution is 0.258. The Balaban J connectivity index is 2.55. The van der Waals surface area contributed by atoms with Crippen LogP contribution >= 0.6 is 0 Å². The van der Waals surface area contributed by atoms with E-state index in [-0.39, 0.29) is 5.41 Å². The average molecular weight is 290 g/mol. The first-order chi connectivity index (χ1) is 9.74. The maximum Gasteiger partial charge on any atom is 0.00471 e. The Morgan fingerprint density at radius 3 is 1.90 bits per heavy atom. The average Bonchev–Trinajstić information content (AvgIpc) is 2.38. The Morgan fingerprint density at radius 2 is 1.43 bits per heavy atom. The van der Waals surface area contributed by atoms with Crippen molar-refractivity contribution in [3.05, 3.63) is 35.9 Å². The van der Waals surface area contributed by atoms with Gasteiger partial charge in [-0.2, -0.15) is 0 Å². The molecule has 0 aromatic heterocycles. The van der Waals surface area contributed by atoms with Crippen LogP contribution in [0.15, 0.2) is 30.3 Å². The maximum atomic E-state index is 3.77. The molecule has 1 N–H and O–H groups in total. The van der Waals surface area contributed by atoms with E-state index in [2.05, 4.69) is 84.1 Å². The number of benzene rings is 1. The van der Waals surface area contributed by atoms with E-state index in [0.29, 0.717) is 6.04 Å². The van der Waals surface area contributed by atoms with Crippen molar-refractivity contribution in [1.29, 1.82) is 0 Å². The van der Waals surface area contributed by atoms with Gasteiger partial charge in [0.05, 0.1) is 0 Å². The van der Waals surface area contributed by atoms with E-state index in [9.17, 15) is 0 Å². The van der Waals surface area contributed by atoms with E-state index in [0.717, 1.165) is 24.3 Å². The van der Waals surface area contributed by atoms with Crippen molar-refractivity contribution in [2.45, 2.75) is 66.3 Å². The molecule has 1 unspecified atom stereocenters. The zero-order valence-corrected chi connectivity index (χ0v) is 15.1. The second-order valence-corrected chi connectivity index (χ2v) is 7.92. The number of hydrogen-bond donors (Lipinski definition) is 1. The Morgan fingerprint density at radius 1 is 0.905 bits per heavy atom. The Labute approximate surface area is 132 Å². The molecule has 0 saturated heterocycles. The molecule has 0 radical (unpaired) electrons. The SMILES string of the molecule is CC(CC(C)(C)c1ccccc1)NCC(C(C)C)C(C)C. The molecule has 1 rings (SSSR count). The highest BCUT2D eigenvalue weighted by Crippen LogP contribution is 2.28. The molecule has 0 heterocycles. The third-order valence-electron chi connectivity index (χ3n) is 4.79. The highest BCUT2D eigenvalue weighted by atomic mass is 14.9. The van der Waals surface area contributed by atoms with Crippen LogP contribution in [0.2, 0.25) is 0 Å². The Hall–Kier alpha value is -0.820. The van der Waals surface area contributed by atoms with Crippen LogP contribution in [0.5, 0.6) is 0 Å². The molecule has 0 fully saturated rings. The van der Waals surface area contributed by atoms with Crippen molar-refractivity contribution in [2.24, 2.45) is 17.8 Å². The molecule has 120 valence electrons. The molecule has 1 aromatic carbocycles. The number of nitrogens with one attached hydrogen (secondary N) is 1. The third-order valence-corrected chi connectivity index (χ3v) is 4.79. The summed E-state index contributed by atoms with van der Waals surface area (Å²) in [5.74, 6) is 2.24.